The molecule has 1 rings (SSSR count). The molecule has 0 aliphatic heterocycles. The Balaban J connectivity index is 2.76. The summed E-state index contributed by atoms with van der Waals surface area (Å²) < 4.78 is 18.4. The van der Waals surface area contributed by atoms with E-state index >= 15 is 0 Å². The molecule has 1 atom stereocenters. The van der Waals surface area contributed by atoms with Gasteiger partial charge >= 0.3 is 0 Å². The van der Waals surface area contributed by atoms with Crippen LogP contribution < -0.4 is 5.73 Å². The SMILES string of the molecule is CCC(CC)(OC)C(N)Cc1ccc(F)cc1. The molecule has 0 spiro atoms. The van der Waals surface area contributed by atoms with Crippen LogP contribution in [0.15, 0.2) is 24.3 Å². The van der Waals surface area contributed by atoms with Gasteiger partial charge in [-0.2, -0.15) is 0 Å². The van der Waals surface area contributed by atoms with Crippen molar-refractivity contribution in [2.45, 2.75) is 44.8 Å². The first-order valence-corrected chi connectivity index (χ1v) is 6.13. The number of rotatable bonds is 6. The molecule has 0 radical (unpaired) electrons. The smallest absolute Gasteiger partial charge is 0.123 e. The fraction of sp³-hybridized carbons (Fsp3) is 0.571. The number of benzene rings is 1. The summed E-state index contributed by atoms with van der Waals surface area (Å²) in [6.45, 7) is 4.16. The van der Waals surface area contributed by atoms with Gasteiger partial charge in [0, 0.05) is 13.2 Å². The van der Waals surface area contributed by atoms with Crippen LogP contribution in [0.1, 0.15) is 32.3 Å². The highest BCUT2D eigenvalue weighted by atomic mass is 19.1. The number of halogens is 1. The minimum atomic E-state index is -0.283. The van der Waals surface area contributed by atoms with Gasteiger partial charge in [0.25, 0.3) is 0 Å². The predicted molar refractivity (Wildman–Crippen MR) is 68.4 cm³/mol. The largest absolute Gasteiger partial charge is 0.377 e. The van der Waals surface area contributed by atoms with Crippen LogP contribution in [-0.4, -0.2) is 18.8 Å². The third-order valence-corrected chi connectivity index (χ3v) is 3.65. The molecule has 0 fully saturated rings. The first-order valence-electron chi connectivity index (χ1n) is 6.13. The van der Waals surface area contributed by atoms with Crippen LogP contribution in [-0.2, 0) is 11.2 Å². The van der Waals surface area contributed by atoms with Gasteiger partial charge in [0.2, 0.25) is 0 Å². The summed E-state index contributed by atoms with van der Waals surface area (Å²) in [6, 6.07) is 6.41. The molecule has 1 unspecified atom stereocenters. The van der Waals surface area contributed by atoms with E-state index < -0.39 is 0 Å². The molecule has 0 aliphatic rings. The number of ether oxygens (including phenoxy) is 1. The van der Waals surface area contributed by atoms with E-state index in [1.54, 1.807) is 19.2 Å². The van der Waals surface area contributed by atoms with Gasteiger partial charge < -0.3 is 10.5 Å². The lowest BCUT2D eigenvalue weighted by Gasteiger charge is -2.36. The molecule has 0 aromatic heterocycles. The third kappa shape index (κ3) is 3.27. The predicted octanol–water partition coefficient (Wildman–Crippen LogP) is 2.90. The van der Waals surface area contributed by atoms with Crippen molar-refractivity contribution < 1.29 is 9.13 Å². The maximum Gasteiger partial charge on any atom is 0.123 e. The second kappa shape index (κ2) is 6.12. The highest BCUT2D eigenvalue weighted by Gasteiger charge is 2.33. The summed E-state index contributed by atoms with van der Waals surface area (Å²) in [6.07, 6.45) is 2.46. The van der Waals surface area contributed by atoms with Crippen LogP contribution in [0.3, 0.4) is 0 Å². The van der Waals surface area contributed by atoms with Crippen LogP contribution in [0, 0.1) is 5.82 Å². The summed E-state index contributed by atoms with van der Waals surface area (Å²) in [5.74, 6) is -0.216. The van der Waals surface area contributed by atoms with E-state index in [4.69, 9.17) is 10.5 Å². The van der Waals surface area contributed by atoms with Crippen molar-refractivity contribution in [1.29, 1.82) is 0 Å². The minimum absolute atomic E-state index is 0.0760. The van der Waals surface area contributed by atoms with Gasteiger partial charge in [-0.05, 0) is 37.0 Å². The Bertz CT molecular complexity index is 324. The first kappa shape index (κ1) is 14.1. The molecule has 17 heavy (non-hydrogen) atoms. The highest BCUT2D eigenvalue weighted by molar-refractivity contribution is 5.18. The molecule has 0 saturated carbocycles. The monoisotopic (exact) mass is 239 g/mol. The topological polar surface area (TPSA) is 35.2 Å². The number of methoxy groups -OCH3 is 1. The maximum absolute atomic E-state index is 12.8. The average molecular weight is 239 g/mol. The van der Waals surface area contributed by atoms with E-state index in [9.17, 15) is 4.39 Å². The van der Waals surface area contributed by atoms with E-state index in [1.165, 1.54) is 12.1 Å². The third-order valence-electron chi connectivity index (χ3n) is 3.65. The van der Waals surface area contributed by atoms with E-state index in [1.807, 2.05) is 0 Å². The Morgan fingerprint density at radius 1 is 1.24 bits per heavy atom. The fourth-order valence-electron chi connectivity index (χ4n) is 2.27. The van der Waals surface area contributed by atoms with Crippen molar-refractivity contribution >= 4 is 0 Å². The van der Waals surface area contributed by atoms with Gasteiger partial charge in [0.05, 0.1) is 5.60 Å². The zero-order valence-electron chi connectivity index (χ0n) is 10.9. The molecular formula is C14H22FNO. The fourth-order valence-corrected chi connectivity index (χ4v) is 2.27. The zero-order valence-corrected chi connectivity index (χ0v) is 10.9. The van der Waals surface area contributed by atoms with Gasteiger partial charge in [-0.25, -0.2) is 4.39 Å². The Morgan fingerprint density at radius 3 is 2.18 bits per heavy atom. The summed E-state index contributed by atoms with van der Waals surface area (Å²) in [7, 11) is 1.71. The van der Waals surface area contributed by atoms with Crippen molar-refractivity contribution in [1.82, 2.24) is 0 Å². The van der Waals surface area contributed by atoms with E-state index in [0.717, 1.165) is 18.4 Å². The van der Waals surface area contributed by atoms with Crippen molar-refractivity contribution in [3.8, 4) is 0 Å². The standard InChI is InChI=1S/C14H22FNO/c1-4-14(5-2,17-3)13(16)10-11-6-8-12(15)9-7-11/h6-9,13H,4-5,10,16H2,1-3H3. The van der Waals surface area contributed by atoms with E-state index in [-0.39, 0.29) is 17.5 Å². The number of hydrogen-bond donors (Lipinski definition) is 1. The van der Waals surface area contributed by atoms with Crippen LogP contribution >= 0.6 is 0 Å². The van der Waals surface area contributed by atoms with Crippen molar-refractivity contribution in [2.75, 3.05) is 7.11 Å². The Hall–Kier alpha value is -0.930. The lowest BCUT2D eigenvalue weighted by atomic mass is 9.85. The average Bonchev–Trinajstić information content (AvgIpc) is 2.35. The van der Waals surface area contributed by atoms with Gasteiger partial charge in [-0.3, -0.25) is 0 Å². The second-order valence-electron chi connectivity index (χ2n) is 4.41. The molecule has 2 nitrogen and oxygen atoms in total. The Kier molecular flexibility index (Phi) is 5.09. The first-order chi connectivity index (χ1) is 8.07. The lowest BCUT2D eigenvalue weighted by Crippen LogP contribution is -2.50. The zero-order chi connectivity index (χ0) is 12.9. The maximum atomic E-state index is 12.8. The van der Waals surface area contributed by atoms with Crippen LogP contribution in [0.5, 0.6) is 0 Å². The Labute approximate surface area is 103 Å². The summed E-state index contributed by atoms with van der Waals surface area (Å²) in [5, 5.41) is 0. The van der Waals surface area contributed by atoms with Gasteiger partial charge in [-0.15, -0.1) is 0 Å². The Morgan fingerprint density at radius 2 is 1.76 bits per heavy atom. The molecule has 3 heteroatoms. The van der Waals surface area contributed by atoms with E-state index in [2.05, 4.69) is 13.8 Å². The van der Waals surface area contributed by atoms with Crippen LogP contribution in [0.25, 0.3) is 0 Å². The van der Waals surface area contributed by atoms with Crippen molar-refractivity contribution in [3.63, 3.8) is 0 Å². The molecule has 2 N–H and O–H groups in total. The molecule has 1 aromatic rings. The molecule has 1 aromatic carbocycles. The van der Waals surface area contributed by atoms with Crippen LogP contribution in [0.2, 0.25) is 0 Å². The second-order valence-corrected chi connectivity index (χ2v) is 4.41. The van der Waals surface area contributed by atoms with Gasteiger partial charge in [-0.1, -0.05) is 26.0 Å². The number of nitrogens with two attached hydrogens (primary N) is 1. The molecule has 96 valence electrons. The lowest BCUT2D eigenvalue weighted by molar-refractivity contribution is -0.0374. The molecule has 0 amide bonds. The summed E-state index contributed by atoms with van der Waals surface area (Å²) in [4.78, 5) is 0. The highest BCUT2D eigenvalue weighted by Crippen LogP contribution is 2.25. The van der Waals surface area contributed by atoms with Crippen molar-refractivity contribution in [3.05, 3.63) is 35.6 Å². The van der Waals surface area contributed by atoms with Gasteiger partial charge in [0.1, 0.15) is 5.82 Å². The molecule has 0 heterocycles. The van der Waals surface area contributed by atoms with Crippen LogP contribution in [0.4, 0.5) is 4.39 Å². The normalized spacial score (nSPS) is 13.7. The molecule has 0 aliphatic carbocycles. The quantitative estimate of drug-likeness (QED) is 0.828. The van der Waals surface area contributed by atoms with Crippen molar-refractivity contribution in [2.24, 2.45) is 5.73 Å². The minimum Gasteiger partial charge on any atom is -0.377 e. The van der Waals surface area contributed by atoms with Gasteiger partial charge in [0.15, 0.2) is 0 Å². The molecule has 0 saturated heterocycles. The number of hydrogen-bond acceptors (Lipinski definition) is 2. The summed E-state index contributed by atoms with van der Waals surface area (Å²) in [5.41, 5.74) is 7.00. The molecule has 0 bridgehead atoms. The van der Waals surface area contributed by atoms with E-state index in [0.29, 0.717) is 6.42 Å². The summed E-state index contributed by atoms with van der Waals surface area (Å²) >= 11 is 0. The molecular weight excluding hydrogens is 217 g/mol.